The summed E-state index contributed by atoms with van der Waals surface area (Å²) < 4.78 is 1.48. The molecule has 6 heteroatoms. The van der Waals surface area contributed by atoms with Gasteiger partial charge in [0.05, 0.1) is 22.8 Å². The highest BCUT2D eigenvalue weighted by molar-refractivity contribution is 5.87. The van der Waals surface area contributed by atoms with Gasteiger partial charge in [-0.1, -0.05) is 36.4 Å². The predicted octanol–water partition coefficient (Wildman–Crippen LogP) is 4.35. The maximum atomic E-state index is 13.2. The van der Waals surface area contributed by atoms with Crippen LogP contribution >= 0.6 is 0 Å². The van der Waals surface area contributed by atoms with Gasteiger partial charge in [0, 0.05) is 18.9 Å². The van der Waals surface area contributed by atoms with E-state index in [0.717, 1.165) is 27.6 Å². The topological polar surface area (TPSA) is 98.7 Å². The third-order valence-electron chi connectivity index (χ3n) is 5.53. The van der Waals surface area contributed by atoms with Gasteiger partial charge >= 0.3 is 0 Å². The van der Waals surface area contributed by atoms with Crippen molar-refractivity contribution in [1.82, 2.24) is 9.88 Å². The predicted molar refractivity (Wildman–Crippen MR) is 127 cm³/mol. The Balaban J connectivity index is 1.93. The van der Waals surface area contributed by atoms with Crippen LogP contribution in [-0.2, 0) is 11.3 Å². The Morgan fingerprint density at radius 1 is 0.939 bits per heavy atom. The van der Waals surface area contributed by atoms with Gasteiger partial charge in [-0.15, -0.1) is 0 Å². The Labute approximate surface area is 191 Å². The lowest BCUT2D eigenvalue weighted by Gasteiger charge is -2.14. The number of nitriles is 2. The van der Waals surface area contributed by atoms with Crippen LogP contribution in [0.25, 0.3) is 27.7 Å². The quantitative estimate of drug-likeness (QED) is 0.518. The molecular formula is C27H20N4O2. The van der Waals surface area contributed by atoms with Gasteiger partial charge < -0.3 is 5.32 Å². The molecule has 0 aliphatic heterocycles. The molecule has 0 unspecified atom stereocenters. The fourth-order valence-corrected chi connectivity index (χ4v) is 3.78. The smallest absolute Gasteiger partial charge is 0.273 e. The Hall–Kier alpha value is -4.68. The number of amides is 1. The molecule has 4 aromatic rings. The van der Waals surface area contributed by atoms with Crippen molar-refractivity contribution in [2.24, 2.45) is 0 Å². The van der Waals surface area contributed by atoms with Gasteiger partial charge in [0.15, 0.2) is 0 Å². The van der Waals surface area contributed by atoms with Crippen molar-refractivity contribution in [3.8, 4) is 29.0 Å². The summed E-state index contributed by atoms with van der Waals surface area (Å²) in [6, 6.07) is 24.5. The Morgan fingerprint density at radius 3 is 2.42 bits per heavy atom. The number of nitrogens with one attached hydrogen (secondary N) is 1. The molecule has 0 fully saturated rings. The van der Waals surface area contributed by atoms with E-state index in [-0.39, 0.29) is 11.5 Å². The second kappa shape index (κ2) is 8.82. The van der Waals surface area contributed by atoms with Crippen LogP contribution in [0.15, 0.2) is 71.5 Å². The van der Waals surface area contributed by atoms with Crippen LogP contribution in [-0.4, -0.2) is 10.5 Å². The number of fused-ring (bicyclic) bond motifs is 1. The molecule has 1 N–H and O–H groups in total. The Kier molecular flexibility index (Phi) is 5.76. The highest BCUT2D eigenvalue weighted by atomic mass is 16.1. The zero-order valence-corrected chi connectivity index (χ0v) is 18.2. The van der Waals surface area contributed by atoms with Crippen LogP contribution in [0.2, 0.25) is 0 Å². The lowest BCUT2D eigenvalue weighted by atomic mass is 10.0. The van der Waals surface area contributed by atoms with Crippen molar-refractivity contribution in [2.45, 2.75) is 20.4 Å². The van der Waals surface area contributed by atoms with Crippen molar-refractivity contribution < 1.29 is 4.79 Å². The summed E-state index contributed by atoms with van der Waals surface area (Å²) in [4.78, 5) is 24.4. The Bertz CT molecular complexity index is 1550. The summed E-state index contributed by atoms with van der Waals surface area (Å²) >= 11 is 0. The molecule has 0 aliphatic carbocycles. The van der Waals surface area contributed by atoms with Gasteiger partial charge in [0.25, 0.3) is 5.56 Å². The van der Waals surface area contributed by atoms with Crippen molar-refractivity contribution in [1.29, 1.82) is 10.5 Å². The summed E-state index contributed by atoms with van der Waals surface area (Å²) in [6.07, 6.45) is 0. The Morgan fingerprint density at radius 2 is 1.70 bits per heavy atom. The first-order chi connectivity index (χ1) is 15.9. The van der Waals surface area contributed by atoms with E-state index in [1.54, 1.807) is 24.3 Å². The molecule has 0 radical (unpaired) electrons. The maximum Gasteiger partial charge on any atom is 0.273 e. The van der Waals surface area contributed by atoms with Crippen molar-refractivity contribution in [3.05, 3.63) is 99.3 Å². The molecule has 1 amide bonds. The summed E-state index contributed by atoms with van der Waals surface area (Å²) in [5.74, 6) is -0.0988. The average Bonchev–Trinajstić information content (AvgIpc) is 2.83. The second-order valence-electron chi connectivity index (χ2n) is 7.81. The SMILES string of the molecule is CC(=O)NCc1cccc(-c2ccc3cc(C#N)c(=O)n(-c4ccc(C)c(C#N)c4)c3c2)c1. The lowest BCUT2D eigenvalue weighted by molar-refractivity contribution is -0.119. The monoisotopic (exact) mass is 432 g/mol. The number of nitrogens with zero attached hydrogens (tertiary/aromatic N) is 3. The zero-order valence-electron chi connectivity index (χ0n) is 18.2. The normalized spacial score (nSPS) is 10.4. The summed E-state index contributed by atoms with van der Waals surface area (Å²) in [7, 11) is 0. The number of aromatic nitrogens is 1. The molecule has 0 spiro atoms. The number of hydrogen-bond acceptors (Lipinski definition) is 4. The first kappa shape index (κ1) is 21.5. The van der Waals surface area contributed by atoms with E-state index >= 15 is 0 Å². The first-order valence-corrected chi connectivity index (χ1v) is 10.4. The molecule has 4 rings (SSSR count). The van der Waals surface area contributed by atoms with Crippen molar-refractivity contribution >= 4 is 16.8 Å². The van der Waals surface area contributed by atoms with Crippen molar-refractivity contribution in [3.63, 3.8) is 0 Å². The number of hydrogen-bond donors (Lipinski definition) is 1. The van der Waals surface area contributed by atoms with Gasteiger partial charge in [-0.3, -0.25) is 14.2 Å². The number of aryl methyl sites for hydroxylation is 1. The second-order valence-corrected chi connectivity index (χ2v) is 7.81. The molecule has 1 aromatic heterocycles. The number of carbonyl (C=O) groups is 1. The van der Waals surface area contributed by atoms with Gasteiger partial charge in [-0.05, 0) is 59.5 Å². The molecule has 160 valence electrons. The summed E-state index contributed by atoms with van der Waals surface area (Å²) in [6.45, 7) is 3.74. The minimum Gasteiger partial charge on any atom is -0.352 e. The molecular weight excluding hydrogens is 412 g/mol. The number of carbonyl (C=O) groups excluding carboxylic acids is 1. The molecule has 33 heavy (non-hydrogen) atoms. The third kappa shape index (κ3) is 4.23. The fraction of sp³-hybridized carbons (Fsp3) is 0.111. The lowest BCUT2D eigenvalue weighted by Crippen LogP contribution is -2.21. The van der Waals surface area contributed by atoms with E-state index in [1.807, 2.05) is 55.5 Å². The van der Waals surface area contributed by atoms with Crippen LogP contribution in [0, 0.1) is 29.6 Å². The average molecular weight is 432 g/mol. The maximum absolute atomic E-state index is 13.2. The van der Waals surface area contributed by atoms with Crippen LogP contribution < -0.4 is 10.9 Å². The fourth-order valence-electron chi connectivity index (χ4n) is 3.78. The molecule has 0 saturated heterocycles. The van der Waals surface area contributed by atoms with E-state index in [1.165, 1.54) is 11.5 Å². The first-order valence-electron chi connectivity index (χ1n) is 10.4. The van der Waals surface area contributed by atoms with E-state index in [0.29, 0.717) is 23.3 Å². The molecule has 1 heterocycles. The number of pyridine rings is 1. The van der Waals surface area contributed by atoms with Crippen LogP contribution in [0.1, 0.15) is 29.2 Å². The largest absolute Gasteiger partial charge is 0.352 e. The molecule has 6 nitrogen and oxygen atoms in total. The van der Waals surface area contributed by atoms with Gasteiger partial charge in [0.2, 0.25) is 5.91 Å². The van der Waals surface area contributed by atoms with E-state index in [4.69, 9.17) is 0 Å². The summed E-state index contributed by atoms with van der Waals surface area (Å²) in [5.41, 5.74) is 4.82. The standard InChI is InChI=1S/C27H20N4O2/c1-17-6-9-25(12-23(17)14-28)31-26-13-21(7-8-22(26)11-24(15-29)27(31)33)20-5-3-4-19(10-20)16-30-18(2)32/h3-13H,16H2,1-2H3,(H,30,32). The molecule has 0 bridgehead atoms. The number of benzene rings is 3. The van der Waals surface area contributed by atoms with E-state index < -0.39 is 5.56 Å². The van der Waals surface area contributed by atoms with Gasteiger partial charge in [-0.25, -0.2) is 0 Å². The minimum atomic E-state index is -0.436. The molecule has 3 aromatic carbocycles. The molecule has 0 aliphatic rings. The highest BCUT2D eigenvalue weighted by Gasteiger charge is 2.13. The highest BCUT2D eigenvalue weighted by Crippen LogP contribution is 2.27. The van der Waals surface area contributed by atoms with Crippen LogP contribution in [0.5, 0.6) is 0 Å². The molecule has 0 saturated carbocycles. The molecule has 0 atom stereocenters. The van der Waals surface area contributed by atoms with E-state index in [2.05, 4.69) is 11.4 Å². The van der Waals surface area contributed by atoms with Crippen molar-refractivity contribution in [2.75, 3.05) is 0 Å². The minimum absolute atomic E-state index is 0.0339. The van der Waals surface area contributed by atoms with Gasteiger partial charge in [-0.2, -0.15) is 10.5 Å². The zero-order chi connectivity index (χ0) is 23.5. The number of rotatable bonds is 4. The third-order valence-corrected chi connectivity index (χ3v) is 5.53. The van der Waals surface area contributed by atoms with Crippen LogP contribution in [0.3, 0.4) is 0 Å². The summed E-state index contributed by atoms with van der Waals surface area (Å²) in [5, 5.41) is 22.5. The van der Waals surface area contributed by atoms with Crippen LogP contribution in [0.4, 0.5) is 0 Å². The van der Waals surface area contributed by atoms with E-state index in [9.17, 15) is 20.1 Å². The van der Waals surface area contributed by atoms with Gasteiger partial charge in [0.1, 0.15) is 11.6 Å².